The lowest BCUT2D eigenvalue weighted by atomic mass is 10.0. The van der Waals surface area contributed by atoms with E-state index >= 15 is 4.39 Å². The highest BCUT2D eigenvalue weighted by atomic mass is 35.5. The molecule has 14 heteroatoms. The zero-order chi connectivity index (χ0) is 28.0. The van der Waals surface area contributed by atoms with Crippen LogP contribution in [-0.2, 0) is 0 Å². The summed E-state index contributed by atoms with van der Waals surface area (Å²) in [5.41, 5.74) is 2.81. The average Bonchev–Trinajstić information content (AvgIpc) is 2.86. The second kappa shape index (κ2) is 12.7. The minimum atomic E-state index is -2.76. The number of carbonyl (C=O) groups excluding carboxylic acids is 2. The first-order chi connectivity index (χ1) is 18.0. The van der Waals surface area contributed by atoms with E-state index in [1.165, 1.54) is 37.6 Å². The predicted octanol–water partition coefficient (Wildman–Crippen LogP) is 5.37. The van der Waals surface area contributed by atoms with Crippen molar-refractivity contribution in [3.8, 4) is 16.9 Å². The molecule has 0 bridgehead atoms. The number of nitrogens with zero attached hydrogens (tertiary/aromatic N) is 4. The Kier molecular flexibility index (Phi) is 9.70. The van der Waals surface area contributed by atoms with E-state index in [-0.39, 0.29) is 44.7 Å². The van der Waals surface area contributed by atoms with E-state index in [1.54, 1.807) is 13.8 Å². The molecule has 0 fully saturated rings. The molecule has 0 saturated carbocycles. The molecule has 38 heavy (non-hydrogen) atoms. The molecule has 3 amide bonds. The Morgan fingerprint density at radius 1 is 1.11 bits per heavy atom. The Morgan fingerprint density at radius 3 is 2.39 bits per heavy atom. The molecule has 1 aromatic carbocycles. The van der Waals surface area contributed by atoms with Gasteiger partial charge >= 0.3 is 6.03 Å². The van der Waals surface area contributed by atoms with Crippen molar-refractivity contribution < 1.29 is 27.5 Å². The lowest BCUT2D eigenvalue weighted by molar-refractivity contribution is 0.0821. The quantitative estimate of drug-likeness (QED) is 0.352. The summed E-state index contributed by atoms with van der Waals surface area (Å²) in [6.45, 7) is 3.97. The van der Waals surface area contributed by atoms with Gasteiger partial charge in [0.15, 0.2) is 0 Å². The summed E-state index contributed by atoms with van der Waals surface area (Å²) < 4.78 is 45.6. The number of amides is 3. The van der Waals surface area contributed by atoms with Crippen molar-refractivity contribution >= 4 is 35.1 Å². The fraction of sp³-hybridized carbons (Fsp3) is 0.292. The van der Waals surface area contributed by atoms with Crippen molar-refractivity contribution in [3.63, 3.8) is 0 Å². The van der Waals surface area contributed by atoms with Gasteiger partial charge in [0, 0.05) is 41.3 Å². The van der Waals surface area contributed by atoms with Gasteiger partial charge in [0.1, 0.15) is 24.0 Å². The highest BCUT2D eigenvalue weighted by Gasteiger charge is 2.22. The van der Waals surface area contributed by atoms with Gasteiger partial charge in [-0.3, -0.25) is 15.2 Å². The van der Waals surface area contributed by atoms with Gasteiger partial charge in [-0.25, -0.2) is 32.9 Å². The number of hydrogen-bond acceptors (Lipinski definition) is 6. The number of hydrogen-bond donors (Lipinski definition) is 2. The van der Waals surface area contributed by atoms with E-state index in [0.717, 1.165) is 11.1 Å². The van der Waals surface area contributed by atoms with Gasteiger partial charge in [-0.1, -0.05) is 23.2 Å². The summed E-state index contributed by atoms with van der Waals surface area (Å²) in [6, 6.07) is 2.17. The first-order valence-corrected chi connectivity index (χ1v) is 12.0. The van der Waals surface area contributed by atoms with Crippen LogP contribution in [0.25, 0.3) is 11.1 Å². The number of rotatable bonds is 8. The maximum atomic E-state index is 15.1. The van der Waals surface area contributed by atoms with Crippen molar-refractivity contribution in [1.82, 2.24) is 30.7 Å². The fourth-order valence-corrected chi connectivity index (χ4v) is 3.83. The molecule has 1 atom stereocenters. The molecule has 2 N–H and O–H groups in total. The molecule has 0 saturated heterocycles. The number of ether oxygens (including phenoxy) is 1. The molecule has 0 radical (unpaired) electrons. The molecule has 3 aromatic rings. The number of alkyl halides is 2. The van der Waals surface area contributed by atoms with Gasteiger partial charge in [-0.2, -0.15) is 0 Å². The summed E-state index contributed by atoms with van der Waals surface area (Å²) in [6.07, 6.45) is 1.16. The number of carbonyl (C=O) groups is 2. The van der Waals surface area contributed by atoms with Crippen molar-refractivity contribution in [3.05, 3.63) is 69.7 Å². The third kappa shape index (κ3) is 7.23. The fourth-order valence-electron chi connectivity index (χ4n) is 3.28. The first-order valence-electron chi connectivity index (χ1n) is 11.2. The number of aromatic nitrogens is 3. The van der Waals surface area contributed by atoms with Gasteiger partial charge in [-0.05, 0) is 39.0 Å². The monoisotopic (exact) mass is 570 g/mol. The summed E-state index contributed by atoms with van der Waals surface area (Å²) in [7, 11) is 0. The number of urea groups is 1. The molecule has 0 spiro atoms. The largest absolute Gasteiger partial charge is 0.485 e. The first kappa shape index (κ1) is 28.9. The number of pyridine rings is 1. The molecule has 2 aromatic heterocycles. The molecule has 1 unspecified atom stereocenters. The minimum absolute atomic E-state index is 0.0304. The molecule has 3 rings (SSSR count). The zero-order valence-electron chi connectivity index (χ0n) is 20.4. The molecule has 2 heterocycles. The number of aryl methyl sites for hydroxylation is 1. The second-order valence-electron chi connectivity index (χ2n) is 7.93. The van der Waals surface area contributed by atoms with Crippen LogP contribution in [0.2, 0.25) is 10.0 Å². The molecule has 0 aliphatic heterocycles. The molecule has 0 aliphatic carbocycles. The van der Waals surface area contributed by atoms with Crippen LogP contribution in [0.15, 0.2) is 36.8 Å². The maximum absolute atomic E-state index is 15.1. The van der Waals surface area contributed by atoms with Crippen LogP contribution in [0, 0.1) is 12.7 Å². The van der Waals surface area contributed by atoms with Crippen molar-refractivity contribution in [1.29, 1.82) is 0 Å². The van der Waals surface area contributed by atoms with Gasteiger partial charge in [-0.15, -0.1) is 0 Å². The number of nitrogens with one attached hydrogen (secondary N) is 2. The SMILES string of the molecule is CCN(NC(=O)c1cnc(C)nc1)C(=O)NC(C)c1ncc(-c2cc(Cl)cc(Cl)c2OCC(F)F)cc1F. The summed E-state index contributed by atoms with van der Waals surface area (Å²) in [5.74, 6) is -1.01. The van der Waals surface area contributed by atoms with Gasteiger partial charge < -0.3 is 10.1 Å². The van der Waals surface area contributed by atoms with Gasteiger partial charge in [0.2, 0.25) is 0 Å². The minimum Gasteiger partial charge on any atom is -0.485 e. The number of benzene rings is 1. The smallest absolute Gasteiger partial charge is 0.336 e. The third-order valence-corrected chi connectivity index (χ3v) is 5.63. The Bertz CT molecular complexity index is 1310. The summed E-state index contributed by atoms with van der Waals surface area (Å²) in [5, 5.41) is 3.72. The van der Waals surface area contributed by atoms with E-state index in [2.05, 4.69) is 25.7 Å². The van der Waals surface area contributed by atoms with E-state index < -0.39 is 36.8 Å². The zero-order valence-corrected chi connectivity index (χ0v) is 21.9. The lowest BCUT2D eigenvalue weighted by Gasteiger charge is -2.24. The van der Waals surface area contributed by atoms with E-state index in [0.29, 0.717) is 5.82 Å². The Labute approximate surface area is 226 Å². The third-order valence-electron chi connectivity index (χ3n) is 5.13. The van der Waals surface area contributed by atoms with E-state index in [9.17, 15) is 18.4 Å². The Hall–Kier alpha value is -3.64. The highest BCUT2D eigenvalue weighted by Crippen LogP contribution is 2.39. The van der Waals surface area contributed by atoms with Crippen molar-refractivity contribution in [2.45, 2.75) is 33.2 Å². The van der Waals surface area contributed by atoms with E-state index in [1.807, 2.05) is 0 Å². The van der Waals surface area contributed by atoms with Crippen LogP contribution < -0.4 is 15.5 Å². The van der Waals surface area contributed by atoms with Gasteiger partial charge in [0.25, 0.3) is 12.3 Å². The van der Waals surface area contributed by atoms with Crippen LogP contribution in [-0.4, -0.2) is 51.5 Å². The molecular formula is C24H23Cl2F3N6O3. The van der Waals surface area contributed by atoms with Crippen LogP contribution in [0.3, 0.4) is 0 Å². The normalized spacial score (nSPS) is 11.7. The van der Waals surface area contributed by atoms with Crippen molar-refractivity contribution in [2.75, 3.05) is 13.2 Å². The second-order valence-corrected chi connectivity index (χ2v) is 8.78. The molecule has 9 nitrogen and oxygen atoms in total. The van der Waals surface area contributed by atoms with Crippen LogP contribution >= 0.6 is 23.2 Å². The van der Waals surface area contributed by atoms with Crippen molar-refractivity contribution in [2.24, 2.45) is 0 Å². The number of halogens is 5. The Morgan fingerprint density at radius 2 is 1.79 bits per heavy atom. The summed E-state index contributed by atoms with van der Waals surface area (Å²) in [4.78, 5) is 37.1. The maximum Gasteiger partial charge on any atom is 0.336 e. The summed E-state index contributed by atoms with van der Waals surface area (Å²) >= 11 is 12.2. The highest BCUT2D eigenvalue weighted by molar-refractivity contribution is 6.36. The predicted molar refractivity (Wildman–Crippen MR) is 135 cm³/mol. The topological polar surface area (TPSA) is 109 Å². The standard InChI is InChI=1S/C24H23Cl2F3N6O3/c1-4-35(34-23(36)15-9-30-13(3)31-10-15)24(37)33-12(2)21-19(27)5-14(8-32-21)17-6-16(25)7-18(26)22(17)38-11-20(28)29/h5-10,12,20H,4,11H2,1-3H3,(H,33,37)(H,34,36). The van der Waals surface area contributed by atoms with Crippen LogP contribution in [0.1, 0.15) is 41.8 Å². The van der Waals surface area contributed by atoms with Gasteiger partial charge in [0.05, 0.1) is 22.3 Å². The average molecular weight is 571 g/mol. The van der Waals surface area contributed by atoms with Crippen LogP contribution in [0.4, 0.5) is 18.0 Å². The lowest BCUT2D eigenvalue weighted by Crippen LogP contribution is -2.51. The Balaban J connectivity index is 1.76. The molecule has 202 valence electrons. The molecular weight excluding hydrogens is 548 g/mol. The van der Waals surface area contributed by atoms with Crippen LogP contribution in [0.5, 0.6) is 5.75 Å². The van der Waals surface area contributed by atoms with E-state index in [4.69, 9.17) is 27.9 Å². The molecule has 0 aliphatic rings. The number of hydrazine groups is 1.